The van der Waals surface area contributed by atoms with Gasteiger partial charge in [-0.15, -0.1) is 0 Å². The molecule has 6 nitrogen and oxygen atoms in total. The third-order valence-electron chi connectivity index (χ3n) is 5.03. The van der Waals surface area contributed by atoms with Crippen LogP contribution in [-0.4, -0.2) is 53.5 Å². The number of carbonyl (C=O) groups is 1. The van der Waals surface area contributed by atoms with E-state index in [-0.39, 0.29) is 5.91 Å². The van der Waals surface area contributed by atoms with Gasteiger partial charge in [0, 0.05) is 37.9 Å². The Morgan fingerprint density at radius 3 is 2.52 bits per heavy atom. The number of nitrogens with zero attached hydrogens (tertiary/aromatic N) is 4. The van der Waals surface area contributed by atoms with Crippen molar-refractivity contribution in [3.05, 3.63) is 47.4 Å². The normalized spacial score (nSPS) is 15.2. The lowest BCUT2D eigenvalue weighted by molar-refractivity contribution is 0.102. The van der Waals surface area contributed by atoms with E-state index in [2.05, 4.69) is 45.9 Å². The molecule has 0 aliphatic carbocycles. The zero-order valence-corrected chi connectivity index (χ0v) is 16.7. The van der Waals surface area contributed by atoms with E-state index in [9.17, 15) is 4.79 Å². The third kappa shape index (κ3) is 4.63. The van der Waals surface area contributed by atoms with Gasteiger partial charge in [0.15, 0.2) is 0 Å². The summed E-state index contributed by atoms with van der Waals surface area (Å²) in [5.41, 5.74) is 2.37. The lowest BCUT2D eigenvalue weighted by Gasteiger charge is -2.34. The fraction of sp³-hybridized carbons (Fsp3) is 0.476. The molecule has 1 aliphatic rings. The summed E-state index contributed by atoms with van der Waals surface area (Å²) in [5.74, 6) is 1.59. The van der Waals surface area contributed by atoms with Gasteiger partial charge in [-0.3, -0.25) is 4.79 Å². The highest BCUT2D eigenvalue weighted by atomic mass is 16.1. The second-order valence-electron chi connectivity index (χ2n) is 7.28. The largest absolute Gasteiger partial charge is 0.354 e. The van der Waals surface area contributed by atoms with E-state index in [0.29, 0.717) is 17.4 Å². The van der Waals surface area contributed by atoms with Gasteiger partial charge in [0.1, 0.15) is 17.3 Å². The van der Waals surface area contributed by atoms with E-state index in [1.165, 1.54) is 0 Å². The molecule has 0 unspecified atom stereocenters. The molecule has 2 aromatic rings. The molecule has 144 valence electrons. The molecule has 0 bridgehead atoms. The lowest BCUT2D eigenvalue weighted by atomic mass is 10.0. The van der Waals surface area contributed by atoms with Crippen LogP contribution in [0.5, 0.6) is 0 Å². The first kappa shape index (κ1) is 19.3. The molecule has 1 aliphatic heterocycles. The van der Waals surface area contributed by atoms with Gasteiger partial charge in [0.05, 0.1) is 0 Å². The van der Waals surface area contributed by atoms with E-state index in [1.807, 2.05) is 37.3 Å². The van der Waals surface area contributed by atoms with Gasteiger partial charge in [-0.25, -0.2) is 9.97 Å². The Labute approximate surface area is 161 Å². The van der Waals surface area contributed by atoms with Crippen LogP contribution in [0, 0.1) is 6.92 Å². The van der Waals surface area contributed by atoms with Crippen LogP contribution in [-0.2, 0) is 0 Å². The molecule has 0 radical (unpaired) electrons. The van der Waals surface area contributed by atoms with Crippen LogP contribution in [0.25, 0.3) is 0 Å². The average molecular weight is 367 g/mol. The summed E-state index contributed by atoms with van der Waals surface area (Å²) < 4.78 is 0. The second kappa shape index (κ2) is 8.48. The highest BCUT2D eigenvalue weighted by Gasteiger charge is 2.20. The Bertz CT molecular complexity index is 797. The van der Waals surface area contributed by atoms with Crippen LogP contribution < -0.4 is 10.2 Å². The topological polar surface area (TPSA) is 61.4 Å². The maximum absolute atomic E-state index is 12.8. The zero-order valence-electron chi connectivity index (χ0n) is 16.7. The number of anilines is 2. The minimum Gasteiger partial charge on any atom is -0.354 e. The minimum absolute atomic E-state index is 0.193. The lowest BCUT2D eigenvalue weighted by Crippen LogP contribution is -2.46. The predicted octanol–water partition coefficient (Wildman–Crippen LogP) is 3.30. The minimum atomic E-state index is -0.193. The van der Waals surface area contributed by atoms with Gasteiger partial charge in [-0.1, -0.05) is 39.0 Å². The van der Waals surface area contributed by atoms with Crippen molar-refractivity contribution < 1.29 is 4.79 Å². The number of hydrogen-bond donors (Lipinski definition) is 1. The molecule has 1 aromatic carbocycles. The maximum Gasteiger partial charge on any atom is 0.274 e. The summed E-state index contributed by atoms with van der Waals surface area (Å²) in [7, 11) is 0. The first-order valence-corrected chi connectivity index (χ1v) is 9.71. The zero-order chi connectivity index (χ0) is 19.4. The number of amides is 1. The standard InChI is InChI=1S/C21H29N5O/c1-5-25-10-12-26(13-11-25)20-14-19(22-16(4)23-20)21(27)24-18-9-7-6-8-17(18)15(2)3/h6-9,14-15H,5,10-13H2,1-4H3,(H,24,27). The quantitative estimate of drug-likeness (QED) is 0.879. The summed E-state index contributed by atoms with van der Waals surface area (Å²) in [6.45, 7) is 13.2. The fourth-order valence-corrected chi connectivity index (χ4v) is 3.42. The summed E-state index contributed by atoms with van der Waals surface area (Å²) in [4.78, 5) is 26.4. The van der Waals surface area contributed by atoms with E-state index in [0.717, 1.165) is 49.8 Å². The van der Waals surface area contributed by atoms with Crippen molar-refractivity contribution in [3.63, 3.8) is 0 Å². The van der Waals surface area contributed by atoms with Crippen LogP contribution in [0.1, 0.15) is 48.6 Å². The van der Waals surface area contributed by atoms with Crippen LogP contribution in [0.4, 0.5) is 11.5 Å². The summed E-state index contributed by atoms with van der Waals surface area (Å²) in [5, 5.41) is 3.03. The van der Waals surface area contributed by atoms with E-state index >= 15 is 0 Å². The van der Waals surface area contributed by atoms with Gasteiger partial charge in [-0.2, -0.15) is 0 Å². The SMILES string of the molecule is CCN1CCN(c2cc(C(=O)Nc3ccccc3C(C)C)nc(C)n2)CC1. The number of para-hydroxylation sites is 1. The molecule has 0 saturated carbocycles. The van der Waals surface area contributed by atoms with Crippen molar-refractivity contribution in [3.8, 4) is 0 Å². The summed E-state index contributed by atoms with van der Waals surface area (Å²) in [6.07, 6.45) is 0. The Morgan fingerprint density at radius 2 is 1.85 bits per heavy atom. The van der Waals surface area contributed by atoms with Crippen molar-refractivity contribution >= 4 is 17.4 Å². The van der Waals surface area contributed by atoms with Crippen molar-refractivity contribution in [2.75, 3.05) is 42.9 Å². The number of likely N-dealkylation sites (N-methyl/N-ethyl adjacent to an activating group) is 1. The highest BCUT2D eigenvalue weighted by molar-refractivity contribution is 6.03. The van der Waals surface area contributed by atoms with Crippen LogP contribution in [0.3, 0.4) is 0 Å². The Hall–Kier alpha value is -2.47. The predicted molar refractivity (Wildman–Crippen MR) is 110 cm³/mol. The molecule has 1 fully saturated rings. The van der Waals surface area contributed by atoms with Crippen molar-refractivity contribution in [1.29, 1.82) is 0 Å². The van der Waals surface area contributed by atoms with Crippen molar-refractivity contribution in [1.82, 2.24) is 14.9 Å². The van der Waals surface area contributed by atoms with Crippen LogP contribution in [0.2, 0.25) is 0 Å². The molecule has 6 heteroatoms. The molecule has 1 amide bonds. The smallest absolute Gasteiger partial charge is 0.274 e. The first-order valence-electron chi connectivity index (χ1n) is 9.71. The summed E-state index contributed by atoms with van der Waals surface area (Å²) >= 11 is 0. The maximum atomic E-state index is 12.8. The molecule has 1 aromatic heterocycles. The second-order valence-corrected chi connectivity index (χ2v) is 7.28. The van der Waals surface area contributed by atoms with Gasteiger partial charge >= 0.3 is 0 Å². The first-order chi connectivity index (χ1) is 13.0. The van der Waals surface area contributed by atoms with E-state index in [1.54, 1.807) is 0 Å². The number of piperazine rings is 1. The van der Waals surface area contributed by atoms with Crippen LogP contribution in [0.15, 0.2) is 30.3 Å². The Morgan fingerprint density at radius 1 is 1.15 bits per heavy atom. The fourth-order valence-electron chi connectivity index (χ4n) is 3.42. The van der Waals surface area contributed by atoms with E-state index < -0.39 is 0 Å². The molecule has 27 heavy (non-hydrogen) atoms. The molecular formula is C21H29N5O. The Kier molecular flexibility index (Phi) is 6.06. The summed E-state index contributed by atoms with van der Waals surface area (Å²) in [6, 6.07) is 9.72. The molecule has 0 spiro atoms. The molecule has 1 saturated heterocycles. The van der Waals surface area contributed by atoms with Gasteiger partial charge in [-0.05, 0) is 31.0 Å². The molecule has 2 heterocycles. The Balaban J connectivity index is 1.79. The molecule has 3 rings (SSSR count). The monoisotopic (exact) mass is 367 g/mol. The molecular weight excluding hydrogens is 338 g/mol. The van der Waals surface area contributed by atoms with Gasteiger partial charge in [0.25, 0.3) is 5.91 Å². The number of benzene rings is 1. The number of aryl methyl sites for hydroxylation is 1. The number of rotatable bonds is 5. The van der Waals surface area contributed by atoms with Gasteiger partial charge < -0.3 is 15.1 Å². The number of carbonyl (C=O) groups excluding carboxylic acids is 1. The molecule has 0 atom stereocenters. The number of aromatic nitrogens is 2. The number of hydrogen-bond acceptors (Lipinski definition) is 5. The molecule has 1 N–H and O–H groups in total. The van der Waals surface area contributed by atoms with Crippen LogP contribution >= 0.6 is 0 Å². The average Bonchev–Trinajstić information content (AvgIpc) is 2.67. The van der Waals surface area contributed by atoms with E-state index in [4.69, 9.17) is 0 Å². The number of nitrogens with one attached hydrogen (secondary N) is 1. The highest BCUT2D eigenvalue weighted by Crippen LogP contribution is 2.24. The van der Waals surface area contributed by atoms with Crippen molar-refractivity contribution in [2.24, 2.45) is 0 Å². The van der Waals surface area contributed by atoms with Gasteiger partial charge in [0.2, 0.25) is 0 Å². The third-order valence-corrected chi connectivity index (χ3v) is 5.03. The van der Waals surface area contributed by atoms with Crippen molar-refractivity contribution in [2.45, 2.75) is 33.6 Å².